The normalized spacial score (nSPS) is 10.3. The maximum absolute atomic E-state index is 12.2. The van der Waals surface area contributed by atoms with E-state index in [1.54, 1.807) is 0 Å². The number of nitrogens with zero attached hydrogens (tertiary/aromatic N) is 2. The molecule has 0 radical (unpaired) electrons. The molecule has 0 aliphatic heterocycles. The van der Waals surface area contributed by atoms with Crippen LogP contribution < -0.4 is 10.6 Å². The smallest absolute Gasteiger partial charge is 0.253 e. The van der Waals surface area contributed by atoms with Crippen LogP contribution in [0.3, 0.4) is 0 Å². The average Bonchev–Trinajstić information content (AvgIpc) is 2.94. The molecule has 0 fully saturated rings. The van der Waals surface area contributed by atoms with Crippen molar-refractivity contribution in [1.82, 2.24) is 15.5 Å². The molecule has 0 aliphatic carbocycles. The largest absolute Gasteiger partial charge is 0.385 e. The van der Waals surface area contributed by atoms with Gasteiger partial charge in [-0.1, -0.05) is 16.8 Å². The van der Waals surface area contributed by atoms with Crippen molar-refractivity contribution in [3.8, 4) is 0 Å². The van der Waals surface area contributed by atoms with Crippen molar-refractivity contribution < 1.29 is 9.32 Å². The number of hydrogen-bond acceptors (Lipinski definition) is 5. The van der Waals surface area contributed by atoms with Gasteiger partial charge in [-0.15, -0.1) is 0 Å². The van der Waals surface area contributed by atoms with Gasteiger partial charge < -0.3 is 15.2 Å². The molecule has 1 heterocycles. The highest BCUT2D eigenvalue weighted by Gasteiger charge is 2.11. The Bertz CT molecular complexity index is 567. The van der Waals surface area contributed by atoms with E-state index in [4.69, 9.17) is 4.52 Å². The lowest BCUT2D eigenvalue weighted by Crippen LogP contribution is -2.26. The van der Waals surface area contributed by atoms with Crippen molar-refractivity contribution in [3.63, 3.8) is 0 Å². The van der Waals surface area contributed by atoms with E-state index in [1.165, 1.54) is 6.33 Å². The zero-order valence-corrected chi connectivity index (χ0v) is 11.6. The summed E-state index contributed by atoms with van der Waals surface area (Å²) in [5, 5.41) is 9.56. The van der Waals surface area contributed by atoms with Gasteiger partial charge in [0.15, 0.2) is 6.33 Å². The van der Waals surface area contributed by atoms with Crippen molar-refractivity contribution in [2.75, 3.05) is 18.4 Å². The topological polar surface area (TPSA) is 80.0 Å². The fraction of sp³-hybridized carbons (Fsp3) is 0.357. The SMILES string of the molecule is CCNc1ccc(C)cc1C(=O)NCCc1ncno1. The predicted molar refractivity (Wildman–Crippen MR) is 75.7 cm³/mol. The molecular formula is C14H18N4O2. The Morgan fingerprint density at radius 1 is 1.40 bits per heavy atom. The fourth-order valence-corrected chi connectivity index (χ4v) is 1.87. The molecule has 0 unspecified atom stereocenters. The second kappa shape index (κ2) is 6.70. The Hall–Kier alpha value is -2.37. The maximum atomic E-state index is 12.2. The van der Waals surface area contributed by atoms with Crippen LogP contribution in [0.1, 0.15) is 28.7 Å². The summed E-state index contributed by atoms with van der Waals surface area (Å²) in [5.41, 5.74) is 2.54. The third-order valence-corrected chi connectivity index (χ3v) is 2.82. The molecule has 6 nitrogen and oxygen atoms in total. The molecule has 0 spiro atoms. The van der Waals surface area contributed by atoms with E-state index in [0.29, 0.717) is 24.4 Å². The molecule has 0 saturated heterocycles. The van der Waals surface area contributed by atoms with E-state index in [-0.39, 0.29) is 5.91 Å². The molecule has 0 atom stereocenters. The van der Waals surface area contributed by atoms with Crippen LogP contribution in [0.4, 0.5) is 5.69 Å². The van der Waals surface area contributed by atoms with E-state index in [0.717, 1.165) is 17.8 Å². The second-order valence-corrected chi connectivity index (χ2v) is 4.42. The second-order valence-electron chi connectivity index (χ2n) is 4.42. The first-order valence-electron chi connectivity index (χ1n) is 6.59. The fourth-order valence-electron chi connectivity index (χ4n) is 1.87. The van der Waals surface area contributed by atoms with Gasteiger partial charge in [-0.3, -0.25) is 4.79 Å². The number of benzene rings is 1. The van der Waals surface area contributed by atoms with Crippen molar-refractivity contribution in [2.45, 2.75) is 20.3 Å². The number of hydrogen-bond donors (Lipinski definition) is 2. The number of nitrogens with one attached hydrogen (secondary N) is 2. The van der Waals surface area contributed by atoms with Gasteiger partial charge in [0, 0.05) is 25.2 Å². The molecule has 2 rings (SSSR count). The Labute approximate surface area is 117 Å². The quantitative estimate of drug-likeness (QED) is 0.839. The molecule has 0 saturated carbocycles. The third kappa shape index (κ3) is 3.57. The van der Waals surface area contributed by atoms with Gasteiger partial charge in [0.2, 0.25) is 5.89 Å². The van der Waals surface area contributed by atoms with Gasteiger partial charge in [-0.2, -0.15) is 4.98 Å². The molecule has 1 aromatic heterocycles. The highest BCUT2D eigenvalue weighted by atomic mass is 16.5. The lowest BCUT2D eigenvalue weighted by Gasteiger charge is -2.11. The first-order chi connectivity index (χ1) is 9.70. The summed E-state index contributed by atoms with van der Waals surface area (Å²) in [5.74, 6) is 0.408. The van der Waals surface area contributed by atoms with Crippen molar-refractivity contribution >= 4 is 11.6 Å². The van der Waals surface area contributed by atoms with Crippen LogP contribution in [-0.2, 0) is 6.42 Å². The van der Waals surface area contributed by atoms with E-state index in [2.05, 4.69) is 20.8 Å². The van der Waals surface area contributed by atoms with Gasteiger partial charge in [0.1, 0.15) is 0 Å². The molecule has 2 aromatic rings. The van der Waals surface area contributed by atoms with Gasteiger partial charge in [0.25, 0.3) is 5.91 Å². The summed E-state index contributed by atoms with van der Waals surface area (Å²) >= 11 is 0. The number of rotatable bonds is 6. The summed E-state index contributed by atoms with van der Waals surface area (Å²) in [6.07, 6.45) is 1.87. The number of aromatic nitrogens is 2. The van der Waals surface area contributed by atoms with E-state index in [1.807, 2.05) is 32.0 Å². The molecule has 1 amide bonds. The van der Waals surface area contributed by atoms with Crippen LogP contribution in [-0.4, -0.2) is 29.1 Å². The van der Waals surface area contributed by atoms with Crippen molar-refractivity contribution in [2.24, 2.45) is 0 Å². The highest BCUT2D eigenvalue weighted by molar-refractivity contribution is 5.99. The average molecular weight is 274 g/mol. The zero-order chi connectivity index (χ0) is 14.4. The lowest BCUT2D eigenvalue weighted by atomic mass is 10.1. The maximum Gasteiger partial charge on any atom is 0.253 e. The Kier molecular flexibility index (Phi) is 4.70. The number of aryl methyl sites for hydroxylation is 1. The minimum absolute atomic E-state index is 0.107. The number of anilines is 1. The molecule has 6 heteroatoms. The Balaban J connectivity index is 1.99. The summed E-state index contributed by atoms with van der Waals surface area (Å²) in [6, 6.07) is 5.78. The standard InChI is InChI=1S/C14H18N4O2/c1-3-15-12-5-4-10(2)8-11(12)14(19)16-7-6-13-17-9-18-20-13/h4-5,8-9,15H,3,6-7H2,1-2H3,(H,16,19). The third-order valence-electron chi connectivity index (χ3n) is 2.82. The van der Waals surface area contributed by atoms with Crippen LogP contribution in [0.5, 0.6) is 0 Å². The summed E-state index contributed by atoms with van der Waals surface area (Å²) in [7, 11) is 0. The highest BCUT2D eigenvalue weighted by Crippen LogP contribution is 2.17. The van der Waals surface area contributed by atoms with Crippen LogP contribution in [0, 0.1) is 6.92 Å². The molecular weight excluding hydrogens is 256 g/mol. The van der Waals surface area contributed by atoms with E-state index in [9.17, 15) is 4.79 Å². The molecule has 20 heavy (non-hydrogen) atoms. The lowest BCUT2D eigenvalue weighted by molar-refractivity contribution is 0.0954. The zero-order valence-electron chi connectivity index (χ0n) is 11.6. The minimum Gasteiger partial charge on any atom is -0.385 e. The van der Waals surface area contributed by atoms with Gasteiger partial charge >= 0.3 is 0 Å². The van der Waals surface area contributed by atoms with Crippen LogP contribution in [0.2, 0.25) is 0 Å². The van der Waals surface area contributed by atoms with Gasteiger partial charge in [0.05, 0.1) is 5.56 Å². The summed E-state index contributed by atoms with van der Waals surface area (Å²) < 4.78 is 4.88. The molecule has 0 bridgehead atoms. The molecule has 0 aliphatic rings. The monoisotopic (exact) mass is 274 g/mol. The van der Waals surface area contributed by atoms with E-state index < -0.39 is 0 Å². The van der Waals surface area contributed by atoms with Crippen molar-refractivity contribution in [1.29, 1.82) is 0 Å². The predicted octanol–water partition coefficient (Wildman–Crippen LogP) is 1.78. The van der Waals surface area contributed by atoms with Crippen molar-refractivity contribution in [3.05, 3.63) is 41.5 Å². The Morgan fingerprint density at radius 3 is 2.95 bits per heavy atom. The first kappa shape index (κ1) is 14.0. The number of amides is 1. The first-order valence-corrected chi connectivity index (χ1v) is 6.59. The van der Waals surface area contributed by atoms with E-state index >= 15 is 0 Å². The molecule has 1 aromatic carbocycles. The van der Waals surface area contributed by atoms with Gasteiger partial charge in [-0.25, -0.2) is 0 Å². The molecule has 2 N–H and O–H groups in total. The van der Waals surface area contributed by atoms with Crippen LogP contribution in [0.25, 0.3) is 0 Å². The summed E-state index contributed by atoms with van der Waals surface area (Å²) in [6.45, 7) is 5.19. The number of carbonyl (C=O) groups excluding carboxylic acids is 1. The van der Waals surface area contributed by atoms with Crippen LogP contribution >= 0.6 is 0 Å². The summed E-state index contributed by atoms with van der Waals surface area (Å²) in [4.78, 5) is 16.1. The molecule has 106 valence electrons. The van der Waals surface area contributed by atoms with Gasteiger partial charge in [-0.05, 0) is 26.0 Å². The Morgan fingerprint density at radius 2 is 2.25 bits per heavy atom. The minimum atomic E-state index is -0.107. The van der Waals surface area contributed by atoms with Crippen LogP contribution in [0.15, 0.2) is 29.0 Å². The number of carbonyl (C=O) groups is 1.